The average molecular weight is 490 g/mol. The number of benzene rings is 2. The number of likely N-dealkylation sites (tertiary alicyclic amines) is 1. The van der Waals surface area contributed by atoms with Crippen molar-refractivity contribution in [3.05, 3.63) is 72.2 Å². The molecule has 0 atom stereocenters. The summed E-state index contributed by atoms with van der Waals surface area (Å²) in [5, 5.41) is 11.2. The van der Waals surface area contributed by atoms with Gasteiger partial charge in [0.25, 0.3) is 0 Å². The van der Waals surface area contributed by atoms with Gasteiger partial charge in [-0.25, -0.2) is 23.1 Å². The van der Waals surface area contributed by atoms with E-state index in [4.69, 9.17) is 0 Å². The summed E-state index contributed by atoms with van der Waals surface area (Å²) in [5.74, 6) is 0.429. The van der Waals surface area contributed by atoms with Crippen LogP contribution in [-0.4, -0.2) is 59.7 Å². The van der Waals surface area contributed by atoms with Crippen LogP contribution in [0.25, 0.3) is 23.1 Å². The third-order valence-electron chi connectivity index (χ3n) is 5.99. The molecule has 2 aromatic carbocycles. The van der Waals surface area contributed by atoms with Crippen LogP contribution in [0, 0.1) is 0 Å². The standard InChI is InChI=1S/C25H27N7O2S/c33-35(34,29-12-15-32-13-1-2-14-32)22-10-8-21(9-11-22)30-25-26-16-19(17-27-25)6-7-20-4-3-5-24-23(20)18-28-31-24/h3-11,16-18,29H,1-2,12-15H2,(H,28,31)(H,26,27,30). The number of H-pyrrole nitrogens is 1. The lowest BCUT2D eigenvalue weighted by Crippen LogP contribution is -2.33. The summed E-state index contributed by atoms with van der Waals surface area (Å²) < 4.78 is 27.8. The molecule has 0 spiro atoms. The van der Waals surface area contributed by atoms with Crippen LogP contribution in [0.5, 0.6) is 0 Å². The van der Waals surface area contributed by atoms with E-state index in [1.165, 1.54) is 12.8 Å². The Labute approximate surface area is 204 Å². The third-order valence-corrected chi connectivity index (χ3v) is 7.46. The van der Waals surface area contributed by atoms with Crippen molar-refractivity contribution in [1.29, 1.82) is 0 Å². The summed E-state index contributed by atoms with van der Waals surface area (Å²) in [6.45, 7) is 3.24. The molecule has 35 heavy (non-hydrogen) atoms. The second kappa shape index (κ2) is 10.3. The molecule has 9 nitrogen and oxygen atoms in total. The fourth-order valence-corrected chi connectivity index (χ4v) is 5.11. The Morgan fingerprint density at radius 3 is 2.51 bits per heavy atom. The Kier molecular flexibility index (Phi) is 6.84. The Hall–Kier alpha value is -3.60. The SMILES string of the molecule is O=S(=O)(NCCN1CCCC1)c1ccc(Nc2ncc(C=Cc3cccc4[nH]ncc34)cn2)cc1. The van der Waals surface area contributed by atoms with E-state index in [-0.39, 0.29) is 4.90 Å². The van der Waals surface area contributed by atoms with Crippen LogP contribution in [0.1, 0.15) is 24.0 Å². The molecule has 1 aliphatic rings. The van der Waals surface area contributed by atoms with E-state index in [0.717, 1.165) is 41.7 Å². The van der Waals surface area contributed by atoms with E-state index in [9.17, 15) is 8.42 Å². The maximum Gasteiger partial charge on any atom is 0.240 e. The molecular weight excluding hydrogens is 462 g/mol. The fraction of sp³-hybridized carbons (Fsp3) is 0.240. The number of nitrogens with one attached hydrogen (secondary N) is 3. The number of rotatable bonds is 9. The molecule has 4 aromatic rings. The first kappa shape index (κ1) is 23.2. The van der Waals surface area contributed by atoms with Crippen molar-refractivity contribution in [2.24, 2.45) is 0 Å². The monoisotopic (exact) mass is 489 g/mol. The Morgan fingerprint density at radius 1 is 0.971 bits per heavy atom. The van der Waals surface area contributed by atoms with E-state index in [1.807, 2.05) is 30.4 Å². The van der Waals surface area contributed by atoms with Gasteiger partial charge in [-0.2, -0.15) is 5.10 Å². The summed E-state index contributed by atoms with van der Waals surface area (Å²) in [4.78, 5) is 11.2. The summed E-state index contributed by atoms with van der Waals surface area (Å²) >= 11 is 0. The van der Waals surface area contributed by atoms with E-state index >= 15 is 0 Å². The number of fused-ring (bicyclic) bond motifs is 1. The maximum absolute atomic E-state index is 12.5. The van der Waals surface area contributed by atoms with E-state index in [0.29, 0.717) is 18.2 Å². The van der Waals surface area contributed by atoms with Gasteiger partial charge in [0, 0.05) is 42.1 Å². The molecular formula is C25H27N7O2S. The quantitative estimate of drug-likeness (QED) is 0.329. The molecule has 5 rings (SSSR count). The minimum Gasteiger partial charge on any atom is -0.324 e. The van der Waals surface area contributed by atoms with Crippen molar-refractivity contribution < 1.29 is 8.42 Å². The Bertz CT molecular complexity index is 1410. The lowest BCUT2D eigenvalue weighted by molar-refractivity contribution is 0.344. The molecule has 0 unspecified atom stereocenters. The van der Waals surface area contributed by atoms with Gasteiger partial charge in [0.1, 0.15) is 0 Å². The zero-order chi connectivity index (χ0) is 24.1. The van der Waals surface area contributed by atoms with Crippen LogP contribution < -0.4 is 10.0 Å². The number of aromatic nitrogens is 4. The topological polar surface area (TPSA) is 116 Å². The van der Waals surface area contributed by atoms with Gasteiger partial charge >= 0.3 is 0 Å². The summed E-state index contributed by atoms with van der Waals surface area (Å²) in [6.07, 6.45) is 11.6. The summed E-state index contributed by atoms with van der Waals surface area (Å²) in [7, 11) is -3.54. The number of sulfonamides is 1. The van der Waals surface area contributed by atoms with Crippen LogP contribution in [0.4, 0.5) is 11.6 Å². The third kappa shape index (κ3) is 5.73. The molecule has 10 heteroatoms. The van der Waals surface area contributed by atoms with Crippen molar-refractivity contribution in [2.45, 2.75) is 17.7 Å². The average Bonchev–Trinajstić information content (AvgIpc) is 3.56. The minimum absolute atomic E-state index is 0.235. The molecule has 1 aliphatic heterocycles. The maximum atomic E-state index is 12.5. The lowest BCUT2D eigenvalue weighted by atomic mass is 10.1. The number of aromatic amines is 1. The summed E-state index contributed by atoms with van der Waals surface area (Å²) in [5.41, 5.74) is 3.60. The molecule has 180 valence electrons. The molecule has 0 amide bonds. The first-order valence-electron chi connectivity index (χ1n) is 11.6. The zero-order valence-electron chi connectivity index (χ0n) is 19.2. The fourth-order valence-electron chi connectivity index (χ4n) is 4.09. The smallest absolute Gasteiger partial charge is 0.240 e. The molecule has 1 saturated heterocycles. The largest absolute Gasteiger partial charge is 0.324 e. The van der Waals surface area contributed by atoms with Crippen molar-refractivity contribution in [3.63, 3.8) is 0 Å². The molecule has 0 bridgehead atoms. The highest BCUT2D eigenvalue weighted by Crippen LogP contribution is 2.20. The van der Waals surface area contributed by atoms with Crippen molar-refractivity contribution >= 4 is 44.7 Å². The summed E-state index contributed by atoms with van der Waals surface area (Å²) in [6, 6.07) is 12.6. The van der Waals surface area contributed by atoms with Gasteiger partial charge in [0.2, 0.25) is 16.0 Å². The van der Waals surface area contributed by atoms with E-state index in [1.54, 1.807) is 42.9 Å². The van der Waals surface area contributed by atoms with E-state index in [2.05, 4.69) is 35.1 Å². The van der Waals surface area contributed by atoms with Gasteiger partial charge in [-0.1, -0.05) is 24.3 Å². The van der Waals surface area contributed by atoms with Crippen LogP contribution in [0.3, 0.4) is 0 Å². The van der Waals surface area contributed by atoms with Crippen molar-refractivity contribution in [3.8, 4) is 0 Å². The highest BCUT2D eigenvalue weighted by molar-refractivity contribution is 7.89. The van der Waals surface area contributed by atoms with Crippen LogP contribution in [0.2, 0.25) is 0 Å². The molecule has 0 aliphatic carbocycles. The Balaban J connectivity index is 1.17. The second-order valence-corrected chi connectivity index (χ2v) is 10.2. The highest BCUT2D eigenvalue weighted by atomic mass is 32.2. The van der Waals surface area contributed by atoms with Gasteiger partial charge in [0.05, 0.1) is 16.6 Å². The van der Waals surface area contributed by atoms with Crippen LogP contribution >= 0.6 is 0 Å². The lowest BCUT2D eigenvalue weighted by Gasteiger charge is -2.15. The molecule has 2 aromatic heterocycles. The number of hydrogen-bond donors (Lipinski definition) is 3. The molecule has 0 radical (unpaired) electrons. The van der Waals surface area contributed by atoms with Crippen LogP contribution in [0.15, 0.2) is 66.0 Å². The van der Waals surface area contributed by atoms with Gasteiger partial charge < -0.3 is 10.2 Å². The Morgan fingerprint density at radius 2 is 1.74 bits per heavy atom. The first-order valence-corrected chi connectivity index (χ1v) is 13.1. The van der Waals surface area contributed by atoms with Gasteiger partial charge in [-0.15, -0.1) is 0 Å². The van der Waals surface area contributed by atoms with Gasteiger partial charge in [-0.05, 0) is 61.8 Å². The predicted octanol–water partition coefficient (Wildman–Crippen LogP) is 3.64. The van der Waals surface area contributed by atoms with Crippen molar-refractivity contribution in [2.75, 3.05) is 31.5 Å². The van der Waals surface area contributed by atoms with Crippen molar-refractivity contribution in [1.82, 2.24) is 29.8 Å². The highest BCUT2D eigenvalue weighted by Gasteiger charge is 2.16. The predicted molar refractivity (Wildman–Crippen MR) is 138 cm³/mol. The van der Waals surface area contributed by atoms with Gasteiger partial charge in [0.15, 0.2) is 0 Å². The van der Waals surface area contributed by atoms with Gasteiger partial charge in [-0.3, -0.25) is 5.10 Å². The number of anilines is 2. The molecule has 1 fully saturated rings. The molecule has 0 saturated carbocycles. The second-order valence-electron chi connectivity index (χ2n) is 8.45. The zero-order valence-corrected chi connectivity index (χ0v) is 20.0. The number of nitrogens with zero attached hydrogens (tertiary/aromatic N) is 4. The normalized spacial score (nSPS) is 14.7. The number of hydrogen-bond acceptors (Lipinski definition) is 7. The van der Waals surface area contributed by atoms with E-state index < -0.39 is 10.0 Å². The molecule has 3 N–H and O–H groups in total. The molecule has 3 heterocycles. The minimum atomic E-state index is -3.54. The first-order chi connectivity index (χ1) is 17.1. The van der Waals surface area contributed by atoms with Crippen LogP contribution in [-0.2, 0) is 10.0 Å².